The number of carbonyl (C=O) groups excluding carboxylic acids is 1. The zero-order valence-corrected chi connectivity index (χ0v) is 10.6. The molecule has 0 radical (unpaired) electrons. The Morgan fingerprint density at radius 2 is 1.80 bits per heavy atom. The fraction of sp³-hybridized carbons (Fsp3) is 0.385. The molecule has 1 rings (SSSR count). The number of carboxylic acid groups (broad SMARTS) is 1. The fourth-order valence-electron chi connectivity index (χ4n) is 1.62. The van der Waals surface area contributed by atoms with Crippen molar-refractivity contribution in [1.29, 1.82) is 0 Å². The van der Waals surface area contributed by atoms with Crippen LogP contribution in [-0.2, 0) is 9.59 Å². The molecular formula is C13H14F3NO3. The maximum atomic E-state index is 12.2. The number of benzene rings is 1. The standard InChI is InChI=1S/C13H14F3NO3/c1-8(9-5-3-2-4-6-9)11(18)17-10(12(19)20)7-13(14,15)16/h2-6,8,10H,7H2,1H3,(H,17,18)(H,19,20). The molecule has 0 aliphatic rings. The number of nitrogens with one attached hydrogen (secondary N) is 1. The number of carbonyl (C=O) groups is 2. The third-order valence-corrected chi connectivity index (χ3v) is 2.74. The summed E-state index contributed by atoms with van der Waals surface area (Å²) in [6.07, 6.45) is -6.26. The van der Waals surface area contributed by atoms with Gasteiger partial charge in [0.05, 0.1) is 12.3 Å². The van der Waals surface area contributed by atoms with Crippen molar-refractivity contribution in [3.8, 4) is 0 Å². The van der Waals surface area contributed by atoms with E-state index in [1.165, 1.54) is 6.92 Å². The average Bonchev–Trinajstić information content (AvgIpc) is 2.36. The Hall–Kier alpha value is -2.05. The van der Waals surface area contributed by atoms with E-state index in [1.807, 2.05) is 5.32 Å². The van der Waals surface area contributed by atoms with Gasteiger partial charge in [0.25, 0.3) is 0 Å². The molecule has 2 atom stereocenters. The summed E-state index contributed by atoms with van der Waals surface area (Å²) in [7, 11) is 0. The van der Waals surface area contributed by atoms with E-state index in [9.17, 15) is 22.8 Å². The third kappa shape index (κ3) is 4.91. The highest BCUT2D eigenvalue weighted by molar-refractivity contribution is 5.87. The predicted molar refractivity (Wildman–Crippen MR) is 65.1 cm³/mol. The van der Waals surface area contributed by atoms with Gasteiger partial charge in [-0.15, -0.1) is 0 Å². The molecule has 0 saturated carbocycles. The molecule has 110 valence electrons. The lowest BCUT2D eigenvalue weighted by atomic mass is 10.00. The highest BCUT2D eigenvalue weighted by atomic mass is 19.4. The number of alkyl halides is 3. The smallest absolute Gasteiger partial charge is 0.391 e. The van der Waals surface area contributed by atoms with Crippen LogP contribution in [0.1, 0.15) is 24.8 Å². The Balaban J connectivity index is 2.74. The van der Waals surface area contributed by atoms with Gasteiger partial charge in [-0.1, -0.05) is 30.3 Å². The van der Waals surface area contributed by atoms with Crippen molar-refractivity contribution in [1.82, 2.24) is 5.32 Å². The van der Waals surface area contributed by atoms with Gasteiger partial charge in [-0.3, -0.25) is 4.79 Å². The Morgan fingerprint density at radius 3 is 2.25 bits per heavy atom. The molecule has 7 heteroatoms. The first kappa shape index (κ1) is 16.0. The monoisotopic (exact) mass is 289 g/mol. The van der Waals surface area contributed by atoms with Crippen molar-refractivity contribution in [2.24, 2.45) is 0 Å². The molecule has 0 saturated heterocycles. The van der Waals surface area contributed by atoms with E-state index in [0.29, 0.717) is 5.56 Å². The molecule has 0 aliphatic carbocycles. The zero-order chi connectivity index (χ0) is 15.3. The Bertz CT molecular complexity index is 473. The van der Waals surface area contributed by atoms with E-state index in [4.69, 9.17) is 5.11 Å². The highest BCUT2D eigenvalue weighted by Gasteiger charge is 2.36. The summed E-state index contributed by atoms with van der Waals surface area (Å²) in [6.45, 7) is 1.50. The molecule has 0 fully saturated rings. The SMILES string of the molecule is CC(C(=O)NC(CC(F)(F)F)C(=O)O)c1ccccc1. The summed E-state index contributed by atoms with van der Waals surface area (Å²) < 4.78 is 36.7. The van der Waals surface area contributed by atoms with Crippen LogP contribution in [0, 0.1) is 0 Å². The molecule has 20 heavy (non-hydrogen) atoms. The van der Waals surface area contributed by atoms with Crippen LogP contribution in [-0.4, -0.2) is 29.2 Å². The van der Waals surface area contributed by atoms with Gasteiger partial charge in [0.2, 0.25) is 5.91 Å². The topological polar surface area (TPSA) is 66.4 Å². The molecule has 1 aromatic rings. The molecule has 4 nitrogen and oxygen atoms in total. The minimum Gasteiger partial charge on any atom is -0.480 e. The van der Waals surface area contributed by atoms with Crippen LogP contribution in [0.15, 0.2) is 30.3 Å². The molecule has 0 bridgehead atoms. The summed E-state index contributed by atoms with van der Waals surface area (Å²) in [6, 6.07) is 6.41. The second kappa shape index (κ2) is 6.40. The molecule has 2 unspecified atom stereocenters. The molecular weight excluding hydrogens is 275 g/mol. The van der Waals surface area contributed by atoms with Crippen LogP contribution in [0.3, 0.4) is 0 Å². The van der Waals surface area contributed by atoms with Gasteiger partial charge in [-0.05, 0) is 12.5 Å². The van der Waals surface area contributed by atoms with Gasteiger partial charge in [0.1, 0.15) is 6.04 Å². The van der Waals surface area contributed by atoms with Crippen molar-refractivity contribution in [2.75, 3.05) is 0 Å². The van der Waals surface area contributed by atoms with Crippen LogP contribution < -0.4 is 5.32 Å². The van der Waals surface area contributed by atoms with Crippen LogP contribution in [0.2, 0.25) is 0 Å². The van der Waals surface area contributed by atoms with Gasteiger partial charge in [0, 0.05) is 0 Å². The van der Waals surface area contributed by atoms with E-state index in [0.717, 1.165) is 0 Å². The highest BCUT2D eigenvalue weighted by Crippen LogP contribution is 2.22. The largest absolute Gasteiger partial charge is 0.480 e. The third-order valence-electron chi connectivity index (χ3n) is 2.74. The number of hydrogen-bond donors (Lipinski definition) is 2. The van der Waals surface area contributed by atoms with Gasteiger partial charge >= 0.3 is 12.1 Å². The van der Waals surface area contributed by atoms with Crippen molar-refractivity contribution < 1.29 is 27.9 Å². The van der Waals surface area contributed by atoms with Crippen molar-refractivity contribution >= 4 is 11.9 Å². The van der Waals surface area contributed by atoms with E-state index in [2.05, 4.69) is 0 Å². The first-order valence-electron chi connectivity index (χ1n) is 5.85. The number of hydrogen-bond acceptors (Lipinski definition) is 2. The van der Waals surface area contributed by atoms with E-state index >= 15 is 0 Å². The number of aliphatic carboxylic acids is 1. The normalized spacial score (nSPS) is 14.4. The van der Waals surface area contributed by atoms with E-state index in [-0.39, 0.29) is 0 Å². The fourth-order valence-corrected chi connectivity index (χ4v) is 1.62. The summed E-state index contributed by atoms with van der Waals surface area (Å²) in [5.74, 6) is -3.20. The minimum atomic E-state index is -4.66. The second-order valence-corrected chi connectivity index (χ2v) is 4.35. The molecule has 2 N–H and O–H groups in total. The molecule has 1 amide bonds. The maximum absolute atomic E-state index is 12.2. The predicted octanol–water partition coefficient (Wildman–Crippen LogP) is 2.31. The quantitative estimate of drug-likeness (QED) is 0.874. The minimum absolute atomic E-state index is 0.598. The van der Waals surface area contributed by atoms with Crippen molar-refractivity contribution in [3.63, 3.8) is 0 Å². The molecule has 0 aliphatic heterocycles. The average molecular weight is 289 g/mol. The Kier molecular flexibility index (Phi) is 5.12. The van der Waals surface area contributed by atoms with Gasteiger partial charge < -0.3 is 10.4 Å². The lowest BCUT2D eigenvalue weighted by Gasteiger charge is -2.19. The maximum Gasteiger partial charge on any atom is 0.391 e. The lowest BCUT2D eigenvalue weighted by molar-refractivity contribution is -0.160. The van der Waals surface area contributed by atoms with Crippen LogP contribution in [0.5, 0.6) is 0 Å². The Labute approximate surface area is 113 Å². The van der Waals surface area contributed by atoms with Crippen molar-refractivity contribution in [2.45, 2.75) is 31.5 Å². The van der Waals surface area contributed by atoms with E-state index < -0.39 is 36.4 Å². The molecule has 0 aromatic heterocycles. The molecule has 1 aromatic carbocycles. The summed E-state index contributed by atoms with van der Waals surface area (Å²) in [5.41, 5.74) is 0.598. The van der Waals surface area contributed by atoms with Gasteiger partial charge in [-0.25, -0.2) is 4.79 Å². The molecule has 0 heterocycles. The summed E-state index contributed by atoms with van der Waals surface area (Å²) >= 11 is 0. The van der Waals surface area contributed by atoms with Gasteiger partial charge in [0.15, 0.2) is 0 Å². The first-order valence-corrected chi connectivity index (χ1v) is 5.85. The number of carboxylic acids is 1. The van der Waals surface area contributed by atoms with Crippen molar-refractivity contribution in [3.05, 3.63) is 35.9 Å². The second-order valence-electron chi connectivity index (χ2n) is 4.35. The van der Waals surface area contributed by atoms with Crippen LogP contribution in [0.25, 0.3) is 0 Å². The number of amides is 1. The number of halogens is 3. The zero-order valence-electron chi connectivity index (χ0n) is 10.6. The number of rotatable bonds is 5. The van der Waals surface area contributed by atoms with E-state index in [1.54, 1.807) is 30.3 Å². The lowest BCUT2D eigenvalue weighted by Crippen LogP contribution is -2.45. The summed E-state index contributed by atoms with van der Waals surface area (Å²) in [4.78, 5) is 22.6. The first-order chi connectivity index (χ1) is 9.20. The summed E-state index contributed by atoms with van der Waals surface area (Å²) in [5, 5.41) is 10.6. The van der Waals surface area contributed by atoms with Crippen LogP contribution >= 0.6 is 0 Å². The van der Waals surface area contributed by atoms with Crippen LogP contribution in [0.4, 0.5) is 13.2 Å². The molecule has 0 spiro atoms. The van der Waals surface area contributed by atoms with Gasteiger partial charge in [-0.2, -0.15) is 13.2 Å². The Morgan fingerprint density at radius 1 is 1.25 bits per heavy atom.